The molecule has 0 aliphatic carbocycles. The van der Waals surface area contributed by atoms with E-state index in [1.54, 1.807) is 0 Å². The van der Waals surface area contributed by atoms with Gasteiger partial charge in [-0.2, -0.15) is 0 Å². The summed E-state index contributed by atoms with van der Waals surface area (Å²) in [6.07, 6.45) is 90.0. The molecule has 0 aliphatic rings. The van der Waals surface area contributed by atoms with Gasteiger partial charge in [-0.05, 0) is 83.5 Å². The van der Waals surface area contributed by atoms with Crippen molar-refractivity contribution in [3.8, 4) is 0 Å². The first-order chi connectivity index (χ1) is 40.5. The number of allylic oxidation sites excluding steroid dienone is 8. The van der Waals surface area contributed by atoms with E-state index < -0.39 is 6.10 Å². The fourth-order valence-corrected chi connectivity index (χ4v) is 11.0. The van der Waals surface area contributed by atoms with Crippen LogP contribution in [0.2, 0.25) is 0 Å². The maximum atomic E-state index is 13.0. The van der Waals surface area contributed by atoms with E-state index in [0.29, 0.717) is 19.3 Å². The highest BCUT2D eigenvalue weighted by molar-refractivity contribution is 5.71. The minimum Gasteiger partial charge on any atom is -0.462 e. The first-order valence-electron chi connectivity index (χ1n) is 36.6. The summed E-state index contributed by atoms with van der Waals surface area (Å²) < 4.78 is 17.0. The molecule has 0 bridgehead atoms. The summed E-state index contributed by atoms with van der Waals surface area (Å²) in [7, 11) is 0. The highest BCUT2D eigenvalue weighted by Gasteiger charge is 2.19. The van der Waals surface area contributed by atoms with E-state index in [0.717, 1.165) is 77.0 Å². The monoisotopic (exact) mass is 1150 g/mol. The van der Waals surface area contributed by atoms with Gasteiger partial charge >= 0.3 is 17.9 Å². The zero-order valence-electron chi connectivity index (χ0n) is 55.3. The van der Waals surface area contributed by atoms with Gasteiger partial charge in [0.25, 0.3) is 0 Å². The number of ether oxygens (including phenoxy) is 3. The molecule has 0 radical (unpaired) electrons. The average molecular weight is 1150 g/mol. The minimum absolute atomic E-state index is 0.0707. The molecular formula is C76H140O6. The first kappa shape index (κ1) is 79.4. The van der Waals surface area contributed by atoms with E-state index in [-0.39, 0.29) is 31.1 Å². The molecule has 1 unspecified atom stereocenters. The van der Waals surface area contributed by atoms with Crippen LogP contribution in [0.15, 0.2) is 48.6 Å². The fraction of sp³-hybridized carbons (Fsp3) is 0.855. The third-order valence-corrected chi connectivity index (χ3v) is 16.6. The molecule has 6 nitrogen and oxygen atoms in total. The van der Waals surface area contributed by atoms with Crippen LogP contribution in [0.25, 0.3) is 0 Å². The van der Waals surface area contributed by atoms with Gasteiger partial charge in [-0.25, -0.2) is 0 Å². The number of hydrogen-bond acceptors (Lipinski definition) is 6. The molecule has 0 aromatic heterocycles. The van der Waals surface area contributed by atoms with Gasteiger partial charge < -0.3 is 14.2 Å². The molecule has 0 fully saturated rings. The highest BCUT2D eigenvalue weighted by atomic mass is 16.6. The molecule has 0 aromatic rings. The molecule has 0 aliphatic heterocycles. The topological polar surface area (TPSA) is 78.9 Å². The smallest absolute Gasteiger partial charge is 0.306 e. The van der Waals surface area contributed by atoms with Crippen LogP contribution in [0.3, 0.4) is 0 Å². The highest BCUT2D eigenvalue weighted by Crippen LogP contribution is 2.19. The Bertz CT molecular complexity index is 1410. The van der Waals surface area contributed by atoms with E-state index in [1.165, 1.54) is 283 Å². The van der Waals surface area contributed by atoms with Crippen molar-refractivity contribution in [3.63, 3.8) is 0 Å². The summed E-state index contributed by atoms with van der Waals surface area (Å²) in [6.45, 7) is 6.68. The predicted molar refractivity (Wildman–Crippen MR) is 358 cm³/mol. The van der Waals surface area contributed by atoms with Gasteiger partial charge in [0.15, 0.2) is 6.10 Å². The van der Waals surface area contributed by atoms with Crippen LogP contribution in [0.5, 0.6) is 0 Å². The summed E-state index contributed by atoms with van der Waals surface area (Å²) in [5, 5.41) is 0. The van der Waals surface area contributed by atoms with Crippen LogP contribution >= 0.6 is 0 Å². The number of esters is 3. The number of hydrogen-bond donors (Lipinski definition) is 0. The lowest BCUT2D eigenvalue weighted by Crippen LogP contribution is -2.30. The van der Waals surface area contributed by atoms with Crippen LogP contribution in [0.1, 0.15) is 400 Å². The van der Waals surface area contributed by atoms with Crippen molar-refractivity contribution in [2.45, 2.75) is 406 Å². The Balaban J connectivity index is 4.27. The van der Waals surface area contributed by atoms with E-state index in [2.05, 4.69) is 69.4 Å². The standard InChI is InChI=1S/C76H140O6/c1-4-7-10-13-16-19-22-25-28-31-33-35-36-37-38-39-40-41-43-45-48-51-54-57-60-63-66-69-75(78)81-72-73(71-80-74(77)68-65-62-59-56-53-50-47-44-30-27-24-21-18-15-12-9-6-3)82-76(79)70-67-64-61-58-55-52-49-46-42-34-32-29-26-23-20-17-14-11-8-5-2/h18,21-22,25,27,30-31,33,73H,4-17,19-20,23-24,26,28-29,32,34-72H2,1-3H3/b21-18-,25-22-,30-27-,33-31-. The molecule has 480 valence electrons. The van der Waals surface area contributed by atoms with Crippen molar-refractivity contribution >= 4 is 17.9 Å². The van der Waals surface area contributed by atoms with E-state index in [9.17, 15) is 14.4 Å². The van der Waals surface area contributed by atoms with Gasteiger partial charge in [0, 0.05) is 19.3 Å². The molecule has 0 saturated carbocycles. The van der Waals surface area contributed by atoms with Crippen molar-refractivity contribution < 1.29 is 28.6 Å². The van der Waals surface area contributed by atoms with Crippen LogP contribution in [-0.2, 0) is 28.6 Å². The maximum Gasteiger partial charge on any atom is 0.306 e. The molecule has 0 amide bonds. The molecular weight excluding hydrogens is 1010 g/mol. The Labute approximate surface area is 511 Å². The van der Waals surface area contributed by atoms with Crippen molar-refractivity contribution in [1.29, 1.82) is 0 Å². The SMILES string of the molecule is CCCCC/C=C\C/C=C\CCCCCCCCCC(=O)OCC(COC(=O)CCCCCCCCCCCCCCCCC/C=C\C/C=C\CCCCCCC)OC(=O)CCCCCCCCCCCCCCCCCCCCCC. The normalized spacial score (nSPS) is 12.3. The second-order valence-corrected chi connectivity index (χ2v) is 24.9. The van der Waals surface area contributed by atoms with Crippen LogP contribution in [-0.4, -0.2) is 37.2 Å². The van der Waals surface area contributed by atoms with Crippen molar-refractivity contribution in [1.82, 2.24) is 0 Å². The number of carbonyl (C=O) groups excluding carboxylic acids is 3. The van der Waals surface area contributed by atoms with Gasteiger partial charge in [-0.1, -0.05) is 345 Å². The quantitative estimate of drug-likeness (QED) is 0.0261. The Morgan fingerprint density at radius 3 is 0.695 bits per heavy atom. The lowest BCUT2D eigenvalue weighted by molar-refractivity contribution is -0.167. The van der Waals surface area contributed by atoms with Gasteiger partial charge in [-0.15, -0.1) is 0 Å². The summed E-state index contributed by atoms with van der Waals surface area (Å²) >= 11 is 0. The van der Waals surface area contributed by atoms with Crippen LogP contribution in [0, 0.1) is 0 Å². The Hall–Kier alpha value is -2.63. The first-order valence-corrected chi connectivity index (χ1v) is 36.6. The van der Waals surface area contributed by atoms with Crippen molar-refractivity contribution in [2.24, 2.45) is 0 Å². The Kier molecular flexibility index (Phi) is 68.6. The summed E-state index contributed by atoms with van der Waals surface area (Å²) in [6, 6.07) is 0. The van der Waals surface area contributed by atoms with E-state index in [1.807, 2.05) is 0 Å². The predicted octanol–water partition coefficient (Wildman–Crippen LogP) is 25.3. The Morgan fingerprint density at radius 1 is 0.244 bits per heavy atom. The molecule has 6 heteroatoms. The molecule has 0 spiro atoms. The van der Waals surface area contributed by atoms with Crippen molar-refractivity contribution in [2.75, 3.05) is 13.2 Å². The Morgan fingerprint density at radius 2 is 0.439 bits per heavy atom. The molecule has 0 saturated heterocycles. The van der Waals surface area contributed by atoms with Crippen LogP contribution < -0.4 is 0 Å². The lowest BCUT2D eigenvalue weighted by atomic mass is 10.0. The van der Waals surface area contributed by atoms with Crippen LogP contribution in [0.4, 0.5) is 0 Å². The number of unbranched alkanes of at least 4 members (excludes halogenated alkanes) is 49. The summed E-state index contributed by atoms with van der Waals surface area (Å²) in [5.74, 6) is -0.849. The second kappa shape index (κ2) is 70.9. The zero-order valence-corrected chi connectivity index (χ0v) is 55.3. The maximum absolute atomic E-state index is 13.0. The molecule has 0 aromatic carbocycles. The molecule has 0 N–H and O–H groups in total. The fourth-order valence-electron chi connectivity index (χ4n) is 11.0. The summed E-state index contributed by atoms with van der Waals surface area (Å²) in [4.78, 5) is 38.5. The minimum atomic E-state index is -0.776. The van der Waals surface area contributed by atoms with Gasteiger partial charge in [0.1, 0.15) is 13.2 Å². The summed E-state index contributed by atoms with van der Waals surface area (Å²) in [5.41, 5.74) is 0. The van der Waals surface area contributed by atoms with Crippen molar-refractivity contribution in [3.05, 3.63) is 48.6 Å². The zero-order chi connectivity index (χ0) is 59.2. The third-order valence-electron chi connectivity index (χ3n) is 16.6. The van der Waals surface area contributed by atoms with E-state index in [4.69, 9.17) is 14.2 Å². The molecule has 0 heterocycles. The van der Waals surface area contributed by atoms with E-state index >= 15 is 0 Å². The molecule has 1 atom stereocenters. The molecule has 0 rings (SSSR count). The van der Waals surface area contributed by atoms with Gasteiger partial charge in [-0.3, -0.25) is 14.4 Å². The number of carbonyl (C=O) groups is 3. The van der Waals surface area contributed by atoms with Gasteiger partial charge in [0.05, 0.1) is 0 Å². The van der Waals surface area contributed by atoms with Gasteiger partial charge in [0.2, 0.25) is 0 Å². The largest absolute Gasteiger partial charge is 0.462 e. The average Bonchev–Trinajstić information content (AvgIpc) is 3.47. The second-order valence-electron chi connectivity index (χ2n) is 24.9. The third kappa shape index (κ3) is 68.2. The molecule has 82 heavy (non-hydrogen) atoms. The lowest BCUT2D eigenvalue weighted by Gasteiger charge is -2.18. The number of rotatable bonds is 68.